The molecule has 1 atom stereocenters. The number of anilines is 1. The third-order valence-electron chi connectivity index (χ3n) is 4.35. The predicted molar refractivity (Wildman–Crippen MR) is 102 cm³/mol. The number of halogens is 4. The van der Waals surface area contributed by atoms with Crippen LogP contribution in [0.25, 0.3) is 0 Å². The van der Waals surface area contributed by atoms with Crippen molar-refractivity contribution in [3.05, 3.63) is 53.3 Å². The van der Waals surface area contributed by atoms with Crippen molar-refractivity contribution in [1.82, 2.24) is 0 Å². The van der Waals surface area contributed by atoms with E-state index in [2.05, 4.69) is 4.18 Å². The fourth-order valence-corrected chi connectivity index (χ4v) is 4.87. The van der Waals surface area contributed by atoms with Gasteiger partial charge in [0.2, 0.25) is 0 Å². The molecule has 13 heteroatoms. The summed E-state index contributed by atoms with van der Waals surface area (Å²) >= 11 is 0. The largest absolute Gasteiger partial charge is 0.484 e. The van der Waals surface area contributed by atoms with E-state index in [-0.39, 0.29) is 17.5 Å². The molecule has 0 aromatic heterocycles. The van der Waals surface area contributed by atoms with Crippen LogP contribution in [0.5, 0.6) is 5.75 Å². The van der Waals surface area contributed by atoms with E-state index >= 15 is 0 Å². The van der Waals surface area contributed by atoms with Crippen molar-refractivity contribution in [2.75, 3.05) is 23.7 Å². The molecule has 170 valence electrons. The zero-order valence-electron chi connectivity index (χ0n) is 16.2. The maximum Gasteiger partial charge on any atom is 0.419 e. The first-order valence-electron chi connectivity index (χ1n) is 8.70. The molecule has 0 saturated heterocycles. The molecule has 0 aliphatic carbocycles. The van der Waals surface area contributed by atoms with Gasteiger partial charge < -0.3 is 4.74 Å². The third-order valence-corrected chi connectivity index (χ3v) is 6.69. The lowest BCUT2D eigenvalue weighted by Crippen LogP contribution is -2.45. The fraction of sp³-hybridized carbons (Fsp3) is 0.333. The van der Waals surface area contributed by atoms with Crippen LogP contribution in [0.2, 0.25) is 0 Å². The van der Waals surface area contributed by atoms with Gasteiger partial charge in [0.15, 0.2) is 0 Å². The first-order chi connectivity index (χ1) is 14.2. The lowest BCUT2D eigenvalue weighted by molar-refractivity contribution is -0.140. The number of sulfonamides is 1. The van der Waals surface area contributed by atoms with Gasteiger partial charge in [0.05, 0.1) is 28.9 Å². The van der Waals surface area contributed by atoms with Gasteiger partial charge in [-0.1, -0.05) is 6.07 Å². The second-order valence-corrected chi connectivity index (χ2v) is 10.4. The number of nitrogens with zero attached hydrogens (tertiary/aromatic N) is 1. The van der Waals surface area contributed by atoms with Gasteiger partial charge in [-0.05, 0) is 42.8 Å². The number of ether oxygens (including phenoxy) is 1. The van der Waals surface area contributed by atoms with Crippen molar-refractivity contribution in [1.29, 1.82) is 0 Å². The summed E-state index contributed by atoms with van der Waals surface area (Å²) in [7, 11) is -8.45. The molecule has 0 unspecified atom stereocenters. The standard InChI is InChI=1S/C18H17F4NO6S2/c1-11-3-6-17-16(7-11)23(9-12(29-17)10-28-30(2,24)25)31(26,27)13-4-5-15(19)14(8-13)18(20,21)22/h3-8,12H,9-10H2,1-2H3/t12-/m1/s1. The summed E-state index contributed by atoms with van der Waals surface area (Å²) in [5.41, 5.74) is -1.03. The number of alkyl halides is 3. The Morgan fingerprint density at radius 1 is 1.13 bits per heavy atom. The molecule has 0 spiro atoms. The van der Waals surface area contributed by atoms with E-state index in [4.69, 9.17) is 4.74 Å². The third kappa shape index (κ3) is 5.10. The zero-order chi connectivity index (χ0) is 23.2. The smallest absolute Gasteiger partial charge is 0.419 e. The van der Waals surface area contributed by atoms with Crippen LogP contribution < -0.4 is 9.04 Å². The van der Waals surface area contributed by atoms with Crippen LogP contribution >= 0.6 is 0 Å². The van der Waals surface area contributed by atoms with Crippen molar-refractivity contribution in [3.8, 4) is 5.75 Å². The summed E-state index contributed by atoms with van der Waals surface area (Å²) in [5.74, 6) is -1.54. The van der Waals surface area contributed by atoms with Gasteiger partial charge in [0, 0.05) is 0 Å². The monoisotopic (exact) mass is 483 g/mol. The second-order valence-electron chi connectivity index (χ2n) is 6.88. The Morgan fingerprint density at radius 2 is 1.81 bits per heavy atom. The summed E-state index contributed by atoms with van der Waals surface area (Å²) in [5, 5.41) is 0. The molecule has 2 aromatic rings. The Hall–Kier alpha value is -2.38. The molecule has 0 radical (unpaired) electrons. The van der Waals surface area contributed by atoms with E-state index < -0.39 is 61.8 Å². The Balaban J connectivity index is 2.07. The molecule has 0 bridgehead atoms. The summed E-state index contributed by atoms with van der Waals surface area (Å²) in [4.78, 5) is -0.779. The minimum atomic E-state index is -5.10. The minimum absolute atomic E-state index is 0.0495. The molecule has 0 N–H and O–H groups in total. The number of hydrogen-bond acceptors (Lipinski definition) is 6. The van der Waals surface area contributed by atoms with E-state index in [0.29, 0.717) is 11.6 Å². The first-order valence-corrected chi connectivity index (χ1v) is 12.0. The lowest BCUT2D eigenvalue weighted by atomic mass is 10.1. The Bertz CT molecular complexity index is 1210. The predicted octanol–water partition coefficient (Wildman–Crippen LogP) is 3.09. The van der Waals surface area contributed by atoms with Crippen LogP contribution in [0.3, 0.4) is 0 Å². The van der Waals surface area contributed by atoms with Crippen LogP contribution in [0, 0.1) is 12.7 Å². The minimum Gasteiger partial charge on any atom is -0.484 e. The molecule has 0 fully saturated rings. The van der Waals surface area contributed by atoms with Gasteiger partial charge in [-0.3, -0.25) is 8.49 Å². The quantitative estimate of drug-likeness (QED) is 0.480. The molecular formula is C18H17F4NO6S2. The molecule has 7 nitrogen and oxygen atoms in total. The Morgan fingerprint density at radius 3 is 2.42 bits per heavy atom. The number of fused-ring (bicyclic) bond motifs is 1. The topological polar surface area (TPSA) is 90.0 Å². The highest BCUT2D eigenvalue weighted by molar-refractivity contribution is 7.92. The van der Waals surface area contributed by atoms with Crippen LogP contribution in [0.4, 0.5) is 23.2 Å². The van der Waals surface area contributed by atoms with E-state index in [1.54, 1.807) is 13.0 Å². The Labute approximate surface area is 176 Å². The van der Waals surface area contributed by atoms with Gasteiger partial charge in [0.1, 0.15) is 24.3 Å². The molecule has 1 aliphatic heterocycles. The number of benzene rings is 2. The highest BCUT2D eigenvalue weighted by Crippen LogP contribution is 2.39. The number of hydrogen-bond donors (Lipinski definition) is 0. The number of aryl methyl sites for hydroxylation is 1. The van der Waals surface area contributed by atoms with Crippen molar-refractivity contribution in [2.45, 2.75) is 24.1 Å². The number of rotatable bonds is 5. The van der Waals surface area contributed by atoms with Crippen molar-refractivity contribution in [3.63, 3.8) is 0 Å². The van der Waals surface area contributed by atoms with Gasteiger partial charge in [-0.2, -0.15) is 21.6 Å². The van der Waals surface area contributed by atoms with Gasteiger partial charge in [-0.15, -0.1) is 0 Å². The summed E-state index contributed by atoms with van der Waals surface area (Å²) in [6.45, 7) is 0.714. The van der Waals surface area contributed by atoms with Gasteiger partial charge in [0.25, 0.3) is 20.1 Å². The zero-order valence-corrected chi connectivity index (χ0v) is 17.8. The van der Waals surface area contributed by atoms with Crippen LogP contribution in [-0.4, -0.2) is 42.3 Å². The average Bonchev–Trinajstić information content (AvgIpc) is 2.64. The van der Waals surface area contributed by atoms with Crippen LogP contribution in [0.15, 0.2) is 41.3 Å². The average molecular weight is 483 g/mol. The highest BCUT2D eigenvalue weighted by Gasteiger charge is 2.39. The maximum atomic E-state index is 13.6. The highest BCUT2D eigenvalue weighted by atomic mass is 32.2. The maximum absolute atomic E-state index is 13.6. The van der Waals surface area contributed by atoms with E-state index in [1.165, 1.54) is 12.1 Å². The van der Waals surface area contributed by atoms with E-state index in [9.17, 15) is 34.4 Å². The van der Waals surface area contributed by atoms with E-state index in [1.807, 2.05) is 0 Å². The fourth-order valence-electron chi connectivity index (χ4n) is 2.95. The van der Waals surface area contributed by atoms with Crippen LogP contribution in [-0.2, 0) is 30.5 Å². The van der Waals surface area contributed by atoms with Crippen molar-refractivity contribution >= 4 is 25.8 Å². The molecule has 3 rings (SSSR count). The normalized spacial score (nSPS) is 17.2. The summed E-state index contributed by atoms with van der Waals surface area (Å²) in [6, 6.07) is 5.89. The van der Waals surface area contributed by atoms with E-state index in [0.717, 1.165) is 16.6 Å². The summed E-state index contributed by atoms with van der Waals surface area (Å²) in [6.07, 6.45) is -5.36. The summed E-state index contributed by atoms with van der Waals surface area (Å²) < 4.78 is 113. The molecule has 0 saturated carbocycles. The van der Waals surface area contributed by atoms with Crippen molar-refractivity contribution in [2.24, 2.45) is 0 Å². The van der Waals surface area contributed by atoms with Gasteiger partial charge >= 0.3 is 6.18 Å². The second kappa shape index (κ2) is 7.95. The molecule has 2 aromatic carbocycles. The van der Waals surface area contributed by atoms with Gasteiger partial charge in [-0.25, -0.2) is 12.8 Å². The molecule has 1 heterocycles. The molecule has 1 aliphatic rings. The SMILES string of the molecule is Cc1ccc2c(c1)N(S(=O)(=O)c1ccc(F)c(C(F)(F)F)c1)C[C@H](COS(C)(=O)=O)O2. The first kappa shape index (κ1) is 23.3. The molecular weight excluding hydrogens is 466 g/mol. The van der Waals surface area contributed by atoms with Crippen molar-refractivity contribution < 1.29 is 43.3 Å². The Kier molecular flexibility index (Phi) is 5.97. The molecule has 31 heavy (non-hydrogen) atoms. The lowest BCUT2D eigenvalue weighted by Gasteiger charge is -2.35. The van der Waals surface area contributed by atoms with Crippen LogP contribution in [0.1, 0.15) is 11.1 Å². The molecule has 0 amide bonds.